The molecule has 0 unspecified atom stereocenters. The van der Waals surface area contributed by atoms with E-state index in [2.05, 4.69) is 10.4 Å². The Kier molecular flexibility index (Phi) is 4.54. The molecule has 20 heavy (non-hydrogen) atoms. The molecule has 0 saturated carbocycles. The highest BCUT2D eigenvalue weighted by Crippen LogP contribution is 2.19. The van der Waals surface area contributed by atoms with Crippen LogP contribution in [0.4, 0.5) is 5.69 Å². The molecule has 1 rings (SSSR count). The number of nitrogens with one attached hydrogen (secondary N) is 1. The van der Waals surface area contributed by atoms with E-state index in [1.54, 1.807) is 40.8 Å². The SMILES string of the molecule is CCOC(=O)C(C)(C)n1cc(NC(=O)C(C)(C)N)cn1. The fraction of sp³-hybridized carbons (Fsp3) is 0.615. The highest BCUT2D eigenvalue weighted by atomic mass is 16.5. The molecule has 3 N–H and O–H groups in total. The van der Waals surface area contributed by atoms with Gasteiger partial charge < -0.3 is 15.8 Å². The standard InChI is InChI=1S/C13H22N4O3/c1-6-20-11(19)13(4,5)17-8-9(7-15-17)16-10(18)12(2,3)14/h7-8H,6,14H2,1-5H3,(H,16,18). The zero-order chi connectivity index (χ0) is 15.6. The molecule has 1 heterocycles. The first-order chi connectivity index (χ1) is 9.09. The first kappa shape index (κ1) is 16.2. The summed E-state index contributed by atoms with van der Waals surface area (Å²) in [5, 5.41) is 6.73. The molecular formula is C13H22N4O3. The fourth-order valence-corrected chi connectivity index (χ4v) is 1.39. The van der Waals surface area contributed by atoms with Gasteiger partial charge in [0.1, 0.15) is 0 Å². The van der Waals surface area contributed by atoms with E-state index in [0.717, 1.165) is 0 Å². The monoisotopic (exact) mass is 282 g/mol. The number of rotatable bonds is 5. The van der Waals surface area contributed by atoms with Crippen LogP contribution in [-0.4, -0.2) is 33.8 Å². The Morgan fingerprint density at radius 2 is 2.00 bits per heavy atom. The van der Waals surface area contributed by atoms with Crippen LogP contribution in [0.3, 0.4) is 0 Å². The second-order valence-electron chi connectivity index (χ2n) is 5.63. The normalized spacial score (nSPS) is 12.1. The first-order valence-electron chi connectivity index (χ1n) is 6.41. The van der Waals surface area contributed by atoms with Crippen molar-refractivity contribution in [3.63, 3.8) is 0 Å². The maximum absolute atomic E-state index is 11.9. The molecule has 112 valence electrons. The van der Waals surface area contributed by atoms with E-state index >= 15 is 0 Å². The van der Waals surface area contributed by atoms with Crippen molar-refractivity contribution in [3.05, 3.63) is 12.4 Å². The van der Waals surface area contributed by atoms with Crippen LogP contribution in [0.25, 0.3) is 0 Å². The quantitative estimate of drug-likeness (QED) is 0.780. The summed E-state index contributed by atoms with van der Waals surface area (Å²) >= 11 is 0. The number of anilines is 1. The molecule has 0 fully saturated rings. The highest BCUT2D eigenvalue weighted by molar-refractivity contribution is 5.97. The van der Waals surface area contributed by atoms with Crippen molar-refractivity contribution in [2.24, 2.45) is 5.73 Å². The van der Waals surface area contributed by atoms with Gasteiger partial charge in [0.05, 0.1) is 24.0 Å². The van der Waals surface area contributed by atoms with Crippen molar-refractivity contribution in [2.75, 3.05) is 11.9 Å². The lowest BCUT2D eigenvalue weighted by Gasteiger charge is -2.22. The van der Waals surface area contributed by atoms with Gasteiger partial charge in [0.2, 0.25) is 5.91 Å². The Labute approximate surface area is 118 Å². The van der Waals surface area contributed by atoms with Crippen LogP contribution in [0.15, 0.2) is 12.4 Å². The number of aromatic nitrogens is 2. The number of amides is 1. The average Bonchev–Trinajstić information content (AvgIpc) is 2.77. The number of carbonyl (C=O) groups is 2. The smallest absolute Gasteiger partial charge is 0.333 e. The Hall–Kier alpha value is -1.89. The zero-order valence-corrected chi connectivity index (χ0v) is 12.6. The summed E-state index contributed by atoms with van der Waals surface area (Å²) < 4.78 is 6.45. The lowest BCUT2D eigenvalue weighted by atomic mass is 10.1. The van der Waals surface area contributed by atoms with Crippen LogP contribution in [-0.2, 0) is 19.9 Å². The van der Waals surface area contributed by atoms with Crippen LogP contribution in [0, 0.1) is 0 Å². The fourth-order valence-electron chi connectivity index (χ4n) is 1.39. The largest absolute Gasteiger partial charge is 0.464 e. The van der Waals surface area contributed by atoms with Crippen molar-refractivity contribution in [1.29, 1.82) is 0 Å². The van der Waals surface area contributed by atoms with Gasteiger partial charge in [0.15, 0.2) is 5.54 Å². The lowest BCUT2D eigenvalue weighted by molar-refractivity contribution is -0.152. The Balaban J connectivity index is 2.87. The zero-order valence-electron chi connectivity index (χ0n) is 12.6. The Bertz CT molecular complexity index is 500. The number of nitrogens with zero attached hydrogens (tertiary/aromatic N) is 2. The summed E-state index contributed by atoms with van der Waals surface area (Å²) in [6, 6.07) is 0. The summed E-state index contributed by atoms with van der Waals surface area (Å²) in [7, 11) is 0. The molecule has 0 spiro atoms. The van der Waals surface area contributed by atoms with Gasteiger partial charge in [-0.15, -0.1) is 0 Å². The third kappa shape index (κ3) is 3.57. The summed E-state index contributed by atoms with van der Waals surface area (Å²) in [4.78, 5) is 23.6. The molecule has 7 heteroatoms. The van der Waals surface area contributed by atoms with E-state index < -0.39 is 11.1 Å². The minimum absolute atomic E-state index is 0.300. The van der Waals surface area contributed by atoms with Gasteiger partial charge in [-0.1, -0.05) is 0 Å². The van der Waals surface area contributed by atoms with Crippen molar-refractivity contribution < 1.29 is 14.3 Å². The van der Waals surface area contributed by atoms with Crippen LogP contribution in [0.5, 0.6) is 0 Å². The third-order valence-corrected chi connectivity index (χ3v) is 2.77. The number of ether oxygens (including phenoxy) is 1. The van der Waals surface area contributed by atoms with Crippen molar-refractivity contribution >= 4 is 17.6 Å². The van der Waals surface area contributed by atoms with Crippen molar-refractivity contribution in [3.8, 4) is 0 Å². The van der Waals surface area contributed by atoms with Gasteiger partial charge in [0.25, 0.3) is 0 Å². The van der Waals surface area contributed by atoms with Crippen molar-refractivity contribution in [1.82, 2.24) is 9.78 Å². The molecule has 0 atom stereocenters. The summed E-state index contributed by atoms with van der Waals surface area (Å²) in [6.45, 7) is 8.64. The van der Waals surface area contributed by atoms with Gasteiger partial charge in [-0.3, -0.25) is 9.48 Å². The van der Waals surface area contributed by atoms with E-state index in [9.17, 15) is 9.59 Å². The van der Waals surface area contributed by atoms with E-state index in [1.807, 2.05) is 0 Å². The van der Waals surface area contributed by atoms with E-state index in [0.29, 0.717) is 12.3 Å². The topological polar surface area (TPSA) is 99.2 Å². The van der Waals surface area contributed by atoms with Gasteiger partial charge in [-0.05, 0) is 34.6 Å². The van der Waals surface area contributed by atoms with E-state index in [1.165, 1.54) is 10.9 Å². The first-order valence-corrected chi connectivity index (χ1v) is 6.41. The number of nitrogens with two attached hydrogens (primary N) is 1. The third-order valence-electron chi connectivity index (χ3n) is 2.77. The summed E-state index contributed by atoms with van der Waals surface area (Å²) in [5.74, 6) is -0.717. The maximum atomic E-state index is 11.9. The highest BCUT2D eigenvalue weighted by Gasteiger charge is 2.32. The lowest BCUT2D eigenvalue weighted by Crippen LogP contribution is -2.45. The molecule has 1 aromatic heterocycles. The number of carbonyl (C=O) groups excluding carboxylic acids is 2. The summed E-state index contributed by atoms with van der Waals surface area (Å²) in [6.07, 6.45) is 3.03. The van der Waals surface area contributed by atoms with Crippen LogP contribution >= 0.6 is 0 Å². The molecule has 0 aliphatic rings. The van der Waals surface area contributed by atoms with Gasteiger partial charge in [-0.2, -0.15) is 5.10 Å². The summed E-state index contributed by atoms with van der Waals surface area (Å²) in [5.41, 5.74) is 4.24. The van der Waals surface area contributed by atoms with Crippen molar-refractivity contribution in [2.45, 2.75) is 45.7 Å². The van der Waals surface area contributed by atoms with E-state index in [4.69, 9.17) is 10.5 Å². The molecule has 0 radical (unpaired) electrons. The van der Waals surface area contributed by atoms with Gasteiger partial charge >= 0.3 is 5.97 Å². The van der Waals surface area contributed by atoms with Gasteiger partial charge in [0, 0.05) is 6.20 Å². The molecule has 0 aliphatic heterocycles. The average molecular weight is 282 g/mol. The predicted molar refractivity (Wildman–Crippen MR) is 75.1 cm³/mol. The number of esters is 1. The molecule has 0 aromatic carbocycles. The maximum Gasteiger partial charge on any atom is 0.333 e. The Morgan fingerprint density at radius 3 is 2.50 bits per heavy atom. The molecule has 0 bridgehead atoms. The van der Waals surface area contributed by atoms with Crippen LogP contribution in [0.1, 0.15) is 34.6 Å². The number of hydrogen-bond donors (Lipinski definition) is 2. The molecule has 1 aromatic rings. The second kappa shape index (κ2) is 5.62. The predicted octanol–water partition coefficient (Wildman–Crippen LogP) is 0.857. The molecule has 7 nitrogen and oxygen atoms in total. The molecular weight excluding hydrogens is 260 g/mol. The Morgan fingerprint density at radius 1 is 1.40 bits per heavy atom. The molecule has 1 amide bonds. The molecule has 0 aliphatic carbocycles. The van der Waals surface area contributed by atoms with Crippen LogP contribution in [0.2, 0.25) is 0 Å². The van der Waals surface area contributed by atoms with Crippen LogP contribution < -0.4 is 11.1 Å². The molecule has 0 saturated heterocycles. The minimum Gasteiger partial charge on any atom is -0.464 e. The van der Waals surface area contributed by atoms with Gasteiger partial charge in [-0.25, -0.2) is 4.79 Å². The van der Waals surface area contributed by atoms with E-state index in [-0.39, 0.29) is 11.9 Å². The minimum atomic E-state index is -0.987. The number of hydrogen-bond acceptors (Lipinski definition) is 5. The second-order valence-corrected chi connectivity index (χ2v) is 5.63.